The number of thioether (sulfide) groups is 1. The predicted molar refractivity (Wildman–Crippen MR) is 72.7 cm³/mol. The Kier molecular flexibility index (Phi) is 8.23. The Morgan fingerprint density at radius 3 is 2.47 bits per heavy atom. The molecule has 0 atom stereocenters. The predicted octanol–water partition coefficient (Wildman–Crippen LogP) is 1.36. The molecular weight excluding hydrogens is 236 g/mol. The van der Waals surface area contributed by atoms with Crippen LogP contribution in [0, 0.1) is 0 Å². The van der Waals surface area contributed by atoms with E-state index in [4.69, 9.17) is 0 Å². The monoisotopic (exact) mass is 256 g/mol. The number of carbonyl (C=O) groups excluding carboxylic acids is 2. The van der Waals surface area contributed by atoms with Crippen molar-refractivity contribution in [2.45, 2.75) is 6.92 Å². The molecule has 0 unspecified atom stereocenters. The number of hydrogen-bond donors (Lipinski definition) is 0. The Bertz CT molecular complexity index is 314. The van der Waals surface area contributed by atoms with Crippen molar-refractivity contribution < 1.29 is 9.59 Å². The summed E-state index contributed by atoms with van der Waals surface area (Å²) in [5.74, 6) is 0.820. The van der Waals surface area contributed by atoms with Gasteiger partial charge in [-0.15, -0.1) is 0 Å². The van der Waals surface area contributed by atoms with Gasteiger partial charge in [-0.2, -0.15) is 11.8 Å². The molecule has 0 bridgehead atoms. The van der Waals surface area contributed by atoms with E-state index in [0.29, 0.717) is 18.5 Å². The van der Waals surface area contributed by atoms with Gasteiger partial charge in [-0.05, 0) is 13.2 Å². The van der Waals surface area contributed by atoms with Gasteiger partial charge in [-0.3, -0.25) is 9.59 Å². The second kappa shape index (κ2) is 8.87. The zero-order valence-electron chi connectivity index (χ0n) is 10.8. The van der Waals surface area contributed by atoms with Gasteiger partial charge in [-0.1, -0.05) is 12.2 Å². The van der Waals surface area contributed by atoms with Crippen molar-refractivity contribution in [1.29, 1.82) is 0 Å². The molecule has 0 aliphatic carbocycles. The molecule has 0 spiro atoms. The highest BCUT2D eigenvalue weighted by Gasteiger charge is 2.12. The number of allylic oxidation sites excluding steroid dienone is 1. The molecular formula is C12H20N2O2S. The van der Waals surface area contributed by atoms with Gasteiger partial charge in [0.25, 0.3) is 5.91 Å². The van der Waals surface area contributed by atoms with Crippen molar-refractivity contribution in [3.8, 4) is 0 Å². The fourth-order valence-electron chi connectivity index (χ4n) is 1.15. The van der Waals surface area contributed by atoms with Crippen LogP contribution >= 0.6 is 11.8 Å². The Morgan fingerprint density at radius 1 is 1.35 bits per heavy atom. The van der Waals surface area contributed by atoms with Crippen LogP contribution in [0.5, 0.6) is 0 Å². The van der Waals surface area contributed by atoms with Crippen molar-refractivity contribution in [2.24, 2.45) is 0 Å². The molecule has 4 nitrogen and oxygen atoms in total. The lowest BCUT2D eigenvalue weighted by molar-refractivity contribution is -0.125. The van der Waals surface area contributed by atoms with Crippen LogP contribution in [0.2, 0.25) is 0 Å². The summed E-state index contributed by atoms with van der Waals surface area (Å²) in [5, 5.41) is 0. The van der Waals surface area contributed by atoms with Crippen LogP contribution in [0.4, 0.5) is 0 Å². The van der Waals surface area contributed by atoms with Crippen LogP contribution in [0.3, 0.4) is 0 Å². The molecule has 0 saturated carbocycles. The fourth-order valence-corrected chi connectivity index (χ4v) is 1.61. The second-order valence-electron chi connectivity index (χ2n) is 3.57. The molecule has 0 radical (unpaired) electrons. The molecule has 0 rings (SSSR count). The van der Waals surface area contributed by atoms with Gasteiger partial charge < -0.3 is 9.80 Å². The minimum Gasteiger partial charge on any atom is -0.341 e. The molecule has 0 saturated heterocycles. The number of hydrogen-bond acceptors (Lipinski definition) is 3. The highest BCUT2D eigenvalue weighted by Crippen LogP contribution is 2.05. The van der Waals surface area contributed by atoms with Crippen LogP contribution in [0.1, 0.15) is 6.92 Å². The first kappa shape index (κ1) is 15.8. The van der Waals surface area contributed by atoms with Gasteiger partial charge in [-0.25, -0.2) is 0 Å². The van der Waals surface area contributed by atoms with Crippen LogP contribution in [-0.4, -0.2) is 54.8 Å². The van der Waals surface area contributed by atoms with Crippen molar-refractivity contribution >= 4 is 24.1 Å². The van der Waals surface area contributed by atoms with Gasteiger partial charge in [0.2, 0.25) is 6.41 Å². The van der Waals surface area contributed by atoms with Gasteiger partial charge in [0.1, 0.15) is 0 Å². The van der Waals surface area contributed by atoms with Crippen LogP contribution in [0.25, 0.3) is 0 Å². The highest BCUT2D eigenvalue weighted by molar-refractivity contribution is 7.98. The fraction of sp³-hybridized carbons (Fsp3) is 0.500. The molecule has 0 aliphatic rings. The SMILES string of the molecule is C/C=C\C(=C/N(C)C=O)C(=O)N(C)CCSC. The first-order valence-corrected chi connectivity index (χ1v) is 6.72. The minimum absolute atomic E-state index is 0.0779. The molecule has 96 valence electrons. The summed E-state index contributed by atoms with van der Waals surface area (Å²) in [6.45, 7) is 2.53. The van der Waals surface area contributed by atoms with Crippen LogP contribution in [-0.2, 0) is 9.59 Å². The van der Waals surface area contributed by atoms with Gasteiger partial charge in [0, 0.05) is 32.6 Å². The third kappa shape index (κ3) is 6.16. The van der Waals surface area contributed by atoms with Crippen molar-refractivity contribution in [3.63, 3.8) is 0 Å². The number of rotatable bonds is 7. The molecule has 0 aromatic rings. The molecule has 0 aromatic heterocycles. The first-order valence-electron chi connectivity index (χ1n) is 5.33. The van der Waals surface area contributed by atoms with E-state index in [1.165, 1.54) is 11.1 Å². The summed E-state index contributed by atoms with van der Waals surface area (Å²) in [5.41, 5.74) is 0.505. The lowest BCUT2D eigenvalue weighted by Crippen LogP contribution is -2.30. The van der Waals surface area contributed by atoms with E-state index in [-0.39, 0.29) is 5.91 Å². The Labute approximate surface area is 107 Å². The summed E-state index contributed by atoms with van der Waals surface area (Å²) >= 11 is 1.69. The quantitative estimate of drug-likeness (QED) is 0.392. The molecule has 5 heteroatoms. The van der Waals surface area contributed by atoms with E-state index in [0.717, 1.165) is 5.75 Å². The van der Waals surface area contributed by atoms with Crippen molar-refractivity contribution in [1.82, 2.24) is 9.80 Å². The van der Waals surface area contributed by atoms with Crippen LogP contribution in [0.15, 0.2) is 23.9 Å². The smallest absolute Gasteiger partial charge is 0.255 e. The standard InChI is InChI=1S/C12H20N2O2S/c1-5-6-11(9-13(2)10-15)12(16)14(3)7-8-17-4/h5-6,9-10H,7-8H2,1-4H3/b6-5-,11-9+. The maximum atomic E-state index is 12.0. The average Bonchev–Trinajstić information content (AvgIpc) is 2.34. The summed E-state index contributed by atoms with van der Waals surface area (Å²) in [7, 11) is 3.36. The van der Waals surface area contributed by atoms with Gasteiger partial charge in [0.05, 0.1) is 5.57 Å². The number of nitrogens with zero attached hydrogens (tertiary/aromatic N) is 2. The van der Waals surface area contributed by atoms with Crippen molar-refractivity contribution in [2.75, 3.05) is 32.6 Å². The Morgan fingerprint density at radius 2 is 2.00 bits per heavy atom. The lowest BCUT2D eigenvalue weighted by Gasteiger charge is -2.18. The minimum atomic E-state index is -0.0779. The largest absolute Gasteiger partial charge is 0.341 e. The third-order valence-electron chi connectivity index (χ3n) is 2.08. The summed E-state index contributed by atoms with van der Waals surface area (Å²) in [4.78, 5) is 25.6. The van der Waals surface area contributed by atoms with E-state index in [1.807, 2.05) is 13.2 Å². The topological polar surface area (TPSA) is 40.6 Å². The van der Waals surface area contributed by atoms with E-state index in [2.05, 4.69) is 0 Å². The molecule has 2 amide bonds. The summed E-state index contributed by atoms with van der Waals surface area (Å²) in [6.07, 6.45) is 7.69. The zero-order chi connectivity index (χ0) is 13.3. The Balaban J connectivity index is 4.76. The summed E-state index contributed by atoms with van der Waals surface area (Å²) in [6, 6.07) is 0. The zero-order valence-corrected chi connectivity index (χ0v) is 11.7. The number of carbonyl (C=O) groups is 2. The Hall–Kier alpha value is -1.23. The maximum absolute atomic E-state index is 12.0. The molecule has 0 aliphatic heterocycles. The molecule has 0 fully saturated rings. The summed E-state index contributed by atoms with van der Waals surface area (Å²) < 4.78 is 0. The van der Waals surface area contributed by atoms with Crippen LogP contribution < -0.4 is 0 Å². The first-order chi connectivity index (χ1) is 8.06. The van der Waals surface area contributed by atoms with E-state index < -0.39 is 0 Å². The maximum Gasteiger partial charge on any atom is 0.255 e. The number of amides is 2. The molecule has 0 aromatic carbocycles. The molecule has 0 heterocycles. The lowest BCUT2D eigenvalue weighted by atomic mass is 10.2. The number of likely N-dealkylation sites (N-methyl/N-ethyl adjacent to an activating group) is 1. The third-order valence-corrected chi connectivity index (χ3v) is 2.67. The van der Waals surface area contributed by atoms with E-state index in [9.17, 15) is 9.59 Å². The molecule has 17 heavy (non-hydrogen) atoms. The van der Waals surface area contributed by atoms with Gasteiger partial charge >= 0.3 is 0 Å². The van der Waals surface area contributed by atoms with E-state index in [1.54, 1.807) is 42.9 Å². The van der Waals surface area contributed by atoms with E-state index >= 15 is 0 Å². The second-order valence-corrected chi connectivity index (χ2v) is 4.56. The normalized spacial score (nSPS) is 11.6. The van der Waals surface area contributed by atoms with Gasteiger partial charge in [0.15, 0.2) is 0 Å². The molecule has 0 N–H and O–H groups in total. The van der Waals surface area contributed by atoms with Crippen molar-refractivity contribution in [3.05, 3.63) is 23.9 Å². The highest BCUT2D eigenvalue weighted by atomic mass is 32.2. The average molecular weight is 256 g/mol.